The summed E-state index contributed by atoms with van der Waals surface area (Å²) in [4.78, 5) is 13.0. The Morgan fingerprint density at radius 1 is 1.29 bits per heavy atom. The zero-order chi connectivity index (χ0) is 22.0. The molecular weight excluding hydrogens is 433 g/mol. The van der Waals surface area contributed by atoms with E-state index in [0.717, 1.165) is 16.5 Å². The molecule has 2 aromatic carbocycles. The molecule has 1 unspecified atom stereocenters. The number of rotatable bonds is 6. The molecule has 1 amide bonds. The van der Waals surface area contributed by atoms with Crippen LogP contribution in [0.3, 0.4) is 0 Å². The minimum atomic E-state index is -0.292. The topological polar surface area (TPSA) is 74.3 Å². The number of nitriles is 1. The molecule has 1 aliphatic heterocycles. The van der Waals surface area contributed by atoms with Crippen molar-refractivity contribution in [3.8, 4) is 6.07 Å². The molecule has 2 heterocycles. The molecule has 0 N–H and O–H groups in total. The van der Waals surface area contributed by atoms with Gasteiger partial charge in [0.25, 0.3) is 5.91 Å². The number of hydrogen-bond donors (Lipinski definition) is 0. The third-order valence-corrected chi connectivity index (χ3v) is 6.13. The molecule has 156 valence electrons. The number of halogens is 2. The summed E-state index contributed by atoms with van der Waals surface area (Å²) in [6.07, 6.45) is 5.23. The number of hydrogen-bond acceptors (Lipinski definition) is 4. The van der Waals surface area contributed by atoms with Gasteiger partial charge in [-0.3, -0.25) is 9.48 Å². The monoisotopic (exact) mass is 451 g/mol. The summed E-state index contributed by atoms with van der Waals surface area (Å²) in [5, 5.41) is 20.9. The van der Waals surface area contributed by atoms with Crippen molar-refractivity contribution in [3.05, 3.63) is 75.9 Å². The maximum absolute atomic E-state index is 13.0. The summed E-state index contributed by atoms with van der Waals surface area (Å²) in [5.41, 5.74) is 2.81. The van der Waals surface area contributed by atoms with Crippen LogP contribution in [0, 0.1) is 11.3 Å². The van der Waals surface area contributed by atoms with Crippen molar-refractivity contribution in [2.45, 2.75) is 31.8 Å². The van der Waals surface area contributed by atoms with E-state index in [2.05, 4.69) is 22.8 Å². The molecule has 1 aliphatic rings. The minimum absolute atomic E-state index is 0.223. The molecular formula is C23H19Cl2N5O. The molecule has 8 heteroatoms. The highest BCUT2D eigenvalue weighted by Gasteiger charge is 2.31. The molecule has 4 rings (SSSR count). The molecule has 0 saturated heterocycles. The van der Waals surface area contributed by atoms with Gasteiger partial charge >= 0.3 is 0 Å². The maximum Gasteiger partial charge on any atom is 0.269 e. The second-order valence-corrected chi connectivity index (χ2v) is 8.09. The number of benzene rings is 2. The van der Waals surface area contributed by atoms with Crippen molar-refractivity contribution in [2.24, 2.45) is 5.10 Å². The number of aromatic nitrogens is 2. The van der Waals surface area contributed by atoms with E-state index < -0.39 is 0 Å². The molecule has 31 heavy (non-hydrogen) atoms. The van der Waals surface area contributed by atoms with Crippen LogP contribution in [-0.2, 0) is 11.3 Å². The fourth-order valence-corrected chi connectivity index (χ4v) is 4.13. The quantitative estimate of drug-likeness (QED) is 0.463. The van der Waals surface area contributed by atoms with E-state index in [4.69, 9.17) is 28.5 Å². The number of hydrazone groups is 1. The molecule has 0 saturated carbocycles. The molecule has 0 fully saturated rings. The van der Waals surface area contributed by atoms with Gasteiger partial charge in [0.2, 0.25) is 0 Å². The number of carbonyl (C=O) groups is 1. The Bertz CT molecular complexity index is 1240. The van der Waals surface area contributed by atoms with Crippen LogP contribution in [-0.4, -0.2) is 26.9 Å². The van der Waals surface area contributed by atoms with Crippen LogP contribution in [0.25, 0.3) is 10.9 Å². The van der Waals surface area contributed by atoms with Gasteiger partial charge < -0.3 is 0 Å². The normalized spacial score (nSPS) is 15.4. The first-order valence-corrected chi connectivity index (χ1v) is 10.6. The Morgan fingerprint density at radius 2 is 2.13 bits per heavy atom. The molecule has 0 bridgehead atoms. The van der Waals surface area contributed by atoms with E-state index in [1.54, 1.807) is 24.5 Å². The molecule has 0 aliphatic carbocycles. The Balaban J connectivity index is 1.40. The minimum Gasteiger partial charge on any atom is -0.268 e. The van der Waals surface area contributed by atoms with Crippen LogP contribution in [0.2, 0.25) is 10.0 Å². The fourth-order valence-electron chi connectivity index (χ4n) is 3.69. The van der Waals surface area contributed by atoms with Gasteiger partial charge in [-0.2, -0.15) is 15.5 Å². The first-order chi connectivity index (χ1) is 15.0. The Hall–Kier alpha value is -3.14. The van der Waals surface area contributed by atoms with Crippen molar-refractivity contribution in [3.63, 3.8) is 0 Å². The Kier molecular flexibility index (Phi) is 6.08. The van der Waals surface area contributed by atoms with Gasteiger partial charge in [-0.05, 0) is 42.7 Å². The predicted octanol–water partition coefficient (Wildman–Crippen LogP) is 5.51. The average Bonchev–Trinajstić information content (AvgIpc) is 3.42. The van der Waals surface area contributed by atoms with Gasteiger partial charge in [-0.25, -0.2) is 5.01 Å². The highest BCUT2D eigenvalue weighted by molar-refractivity contribution is 6.42. The van der Waals surface area contributed by atoms with Crippen LogP contribution in [0.5, 0.6) is 0 Å². The molecule has 3 aromatic rings. The lowest BCUT2D eigenvalue weighted by Crippen LogP contribution is -2.28. The van der Waals surface area contributed by atoms with Crippen molar-refractivity contribution in [1.82, 2.24) is 14.8 Å². The first kappa shape index (κ1) is 21.1. The highest BCUT2D eigenvalue weighted by atomic mass is 35.5. The molecule has 6 nitrogen and oxygen atoms in total. The summed E-state index contributed by atoms with van der Waals surface area (Å²) in [6.45, 7) is 4.61. The first-order valence-electron chi connectivity index (χ1n) is 9.83. The summed E-state index contributed by atoms with van der Waals surface area (Å²) in [6, 6.07) is 12.7. The number of amides is 1. The lowest BCUT2D eigenvalue weighted by molar-refractivity contribution is -0.129. The van der Waals surface area contributed by atoms with Crippen molar-refractivity contribution >= 4 is 46.2 Å². The Morgan fingerprint density at radius 3 is 2.94 bits per heavy atom. The van der Waals surface area contributed by atoms with Crippen LogP contribution < -0.4 is 0 Å². The van der Waals surface area contributed by atoms with E-state index in [1.165, 1.54) is 5.01 Å². The SMILES string of the molecule is C=C(CCCn1ncc2cc(C#N)ccc21)C(=O)N1N=CCC1c1cccc(Cl)c1Cl. The molecule has 1 atom stereocenters. The maximum atomic E-state index is 13.0. The third-order valence-electron chi connectivity index (χ3n) is 5.30. The smallest absolute Gasteiger partial charge is 0.268 e. The highest BCUT2D eigenvalue weighted by Crippen LogP contribution is 2.37. The van der Waals surface area contributed by atoms with E-state index in [9.17, 15) is 4.79 Å². The van der Waals surface area contributed by atoms with Gasteiger partial charge in [0.05, 0.1) is 39.4 Å². The number of carbonyl (C=O) groups excluding carboxylic acids is 1. The van der Waals surface area contributed by atoms with Gasteiger partial charge in [0.15, 0.2) is 0 Å². The summed E-state index contributed by atoms with van der Waals surface area (Å²) in [5.74, 6) is -0.223. The van der Waals surface area contributed by atoms with Gasteiger partial charge in [0, 0.05) is 30.1 Å². The van der Waals surface area contributed by atoms with Gasteiger partial charge in [-0.1, -0.05) is 41.9 Å². The van der Waals surface area contributed by atoms with Crippen LogP contribution in [0.4, 0.5) is 0 Å². The fraction of sp³-hybridized carbons (Fsp3) is 0.217. The summed E-state index contributed by atoms with van der Waals surface area (Å²) in [7, 11) is 0. The molecule has 1 aromatic heterocycles. The third kappa shape index (κ3) is 4.20. The van der Waals surface area contributed by atoms with Crippen LogP contribution >= 0.6 is 23.2 Å². The largest absolute Gasteiger partial charge is 0.269 e. The molecule has 0 radical (unpaired) electrons. The standard InChI is InChI=1S/C23H19Cl2N5O/c1-15(4-3-11-29-20-8-7-16(13-26)12-17(20)14-28-29)23(31)30-21(9-10-27-30)18-5-2-6-19(24)22(18)25/h2,5-8,10,12,14,21H,1,3-4,9,11H2. The van der Waals surface area contributed by atoms with E-state index in [1.807, 2.05) is 28.9 Å². The van der Waals surface area contributed by atoms with Crippen LogP contribution in [0.1, 0.15) is 36.4 Å². The summed E-state index contributed by atoms with van der Waals surface area (Å²) >= 11 is 12.5. The van der Waals surface area contributed by atoms with Crippen molar-refractivity contribution < 1.29 is 4.79 Å². The van der Waals surface area contributed by atoms with Crippen molar-refractivity contribution in [1.29, 1.82) is 5.26 Å². The lowest BCUT2D eigenvalue weighted by Gasteiger charge is -2.24. The predicted molar refractivity (Wildman–Crippen MR) is 122 cm³/mol. The van der Waals surface area contributed by atoms with Gasteiger partial charge in [-0.15, -0.1) is 0 Å². The van der Waals surface area contributed by atoms with E-state index in [0.29, 0.717) is 47.0 Å². The van der Waals surface area contributed by atoms with E-state index >= 15 is 0 Å². The summed E-state index contributed by atoms with van der Waals surface area (Å²) < 4.78 is 1.87. The van der Waals surface area contributed by atoms with Crippen LogP contribution in [0.15, 0.2) is 59.8 Å². The Labute approximate surface area is 190 Å². The second-order valence-electron chi connectivity index (χ2n) is 7.30. The number of fused-ring (bicyclic) bond motifs is 1. The second kappa shape index (κ2) is 8.93. The number of nitrogens with zero attached hydrogens (tertiary/aromatic N) is 5. The lowest BCUT2D eigenvalue weighted by atomic mass is 10.0. The van der Waals surface area contributed by atoms with Crippen molar-refractivity contribution in [2.75, 3.05) is 0 Å². The molecule has 0 spiro atoms. The average molecular weight is 452 g/mol. The van der Waals surface area contributed by atoms with Gasteiger partial charge in [0.1, 0.15) is 0 Å². The van der Waals surface area contributed by atoms with E-state index in [-0.39, 0.29) is 11.9 Å². The zero-order valence-electron chi connectivity index (χ0n) is 16.6. The number of aryl methyl sites for hydroxylation is 1. The zero-order valence-corrected chi connectivity index (χ0v) is 18.1.